The summed E-state index contributed by atoms with van der Waals surface area (Å²) in [5.41, 5.74) is 8.30. The second-order valence-corrected chi connectivity index (χ2v) is 10.8. The van der Waals surface area contributed by atoms with Gasteiger partial charge in [0.1, 0.15) is 12.2 Å². The van der Waals surface area contributed by atoms with E-state index in [-0.39, 0.29) is 25.0 Å². The second-order valence-electron chi connectivity index (χ2n) is 9.72. The summed E-state index contributed by atoms with van der Waals surface area (Å²) in [5, 5.41) is 2.78. The molecule has 2 aromatic carbocycles. The maximum absolute atomic E-state index is 12.8. The van der Waals surface area contributed by atoms with E-state index in [2.05, 4.69) is 19.2 Å². The smallest absolute Gasteiger partial charge is 0.407 e. The predicted octanol–water partition coefficient (Wildman–Crippen LogP) is 3.04. The van der Waals surface area contributed by atoms with Gasteiger partial charge in [-0.2, -0.15) is 8.42 Å². The molecule has 0 aliphatic carbocycles. The van der Waals surface area contributed by atoms with Crippen LogP contribution in [0.2, 0.25) is 0 Å². The van der Waals surface area contributed by atoms with Gasteiger partial charge in [-0.05, 0) is 35.6 Å². The Kier molecular flexibility index (Phi) is 10.7. The summed E-state index contributed by atoms with van der Waals surface area (Å²) in [6.07, 6.45) is -1.33. The van der Waals surface area contributed by atoms with E-state index >= 15 is 0 Å². The van der Waals surface area contributed by atoms with Gasteiger partial charge < -0.3 is 20.5 Å². The topological polar surface area (TPSA) is 140 Å². The highest BCUT2D eigenvalue weighted by molar-refractivity contribution is 7.80. The summed E-state index contributed by atoms with van der Waals surface area (Å²) in [6.45, 7) is 6.15. The Morgan fingerprint density at radius 3 is 2.43 bits per heavy atom. The van der Waals surface area contributed by atoms with Gasteiger partial charge in [-0.1, -0.05) is 56.3 Å². The number of hydrogen-bond acceptors (Lipinski definition) is 8. The van der Waals surface area contributed by atoms with Crippen molar-refractivity contribution in [3.8, 4) is 0 Å². The predicted molar refractivity (Wildman–Crippen MR) is 140 cm³/mol. The number of carbonyl (C=O) groups is 1. The van der Waals surface area contributed by atoms with E-state index in [0.717, 1.165) is 11.1 Å². The molecule has 1 heterocycles. The zero-order valence-electron chi connectivity index (χ0n) is 21.3. The number of alkyl carbamates (subject to hydrolysis) is 1. The number of nitrogens with zero attached hydrogens (tertiary/aromatic N) is 1. The Morgan fingerprint density at radius 1 is 1.14 bits per heavy atom. The number of nitrogens with one attached hydrogen (secondary N) is 1. The van der Waals surface area contributed by atoms with Gasteiger partial charge in [0.2, 0.25) is 0 Å². The molecule has 1 fully saturated rings. The average Bonchev–Trinajstić information content (AvgIpc) is 3.32. The fraction of sp³-hybridized carbons (Fsp3) is 0.500. The van der Waals surface area contributed by atoms with Crippen molar-refractivity contribution in [1.29, 1.82) is 0 Å². The number of nitrogen functional groups attached to an aromatic ring is 1. The van der Waals surface area contributed by atoms with E-state index in [0.29, 0.717) is 38.4 Å². The van der Waals surface area contributed by atoms with E-state index in [1.807, 2.05) is 47.4 Å². The van der Waals surface area contributed by atoms with Gasteiger partial charge in [-0.3, -0.25) is 9.45 Å². The van der Waals surface area contributed by atoms with Crippen LogP contribution in [-0.4, -0.2) is 68.5 Å². The van der Waals surface area contributed by atoms with Gasteiger partial charge in [-0.25, -0.2) is 8.98 Å². The molecule has 1 saturated heterocycles. The van der Waals surface area contributed by atoms with E-state index < -0.39 is 28.6 Å². The number of nitrogens with two attached hydrogens (primary N) is 1. The third-order valence-electron chi connectivity index (χ3n) is 5.90. The van der Waals surface area contributed by atoms with Crippen LogP contribution in [0.3, 0.4) is 0 Å². The fourth-order valence-corrected chi connectivity index (χ4v) is 4.83. The normalized spacial score (nSPS) is 17.6. The van der Waals surface area contributed by atoms with Gasteiger partial charge in [0, 0.05) is 31.7 Å². The number of ether oxygens (including phenoxy) is 2. The third kappa shape index (κ3) is 10.7. The lowest BCUT2D eigenvalue weighted by atomic mass is 10.0. The van der Waals surface area contributed by atoms with Crippen LogP contribution in [0.4, 0.5) is 10.5 Å². The van der Waals surface area contributed by atoms with Gasteiger partial charge in [0.25, 0.3) is 0 Å². The molecule has 4 N–H and O–H groups in total. The molecule has 2 aromatic rings. The van der Waals surface area contributed by atoms with Crippen LogP contribution in [0.1, 0.15) is 31.4 Å². The lowest BCUT2D eigenvalue weighted by Crippen LogP contribution is -2.52. The maximum atomic E-state index is 12.8. The first kappa shape index (κ1) is 28.9. The molecule has 1 aliphatic rings. The Hall–Kier alpha value is -2.70. The van der Waals surface area contributed by atoms with E-state index in [1.165, 1.54) is 0 Å². The van der Waals surface area contributed by atoms with Gasteiger partial charge in [-0.15, -0.1) is 0 Å². The summed E-state index contributed by atoms with van der Waals surface area (Å²) in [4.78, 5) is 14.8. The fourth-order valence-electron chi connectivity index (χ4n) is 4.32. The van der Waals surface area contributed by atoms with Crippen LogP contribution in [0, 0.1) is 5.92 Å². The maximum Gasteiger partial charge on any atom is 0.407 e. The average molecular weight is 536 g/mol. The molecular formula is C26H37N3O7S. The van der Waals surface area contributed by atoms with Crippen molar-refractivity contribution in [1.82, 2.24) is 10.2 Å². The molecule has 3 atom stereocenters. The van der Waals surface area contributed by atoms with Crippen LogP contribution in [0.25, 0.3) is 0 Å². The zero-order chi connectivity index (χ0) is 26.8. The Bertz CT molecular complexity index is 1080. The summed E-state index contributed by atoms with van der Waals surface area (Å²) in [7, 11) is -4.83. The van der Waals surface area contributed by atoms with Crippen LogP contribution < -0.4 is 11.1 Å². The highest BCUT2D eigenvalue weighted by Gasteiger charge is 2.32. The summed E-state index contributed by atoms with van der Waals surface area (Å²) < 4.78 is 49.4. The van der Waals surface area contributed by atoms with Crippen molar-refractivity contribution in [3.05, 3.63) is 65.7 Å². The summed E-state index contributed by atoms with van der Waals surface area (Å²) in [5.74, 6) is 0.257. The molecule has 0 unspecified atom stereocenters. The summed E-state index contributed by atoms with van der Waals surface area (Å²) in [6, 6.07) is 15.9. The standard InChI is InChI=1S/C26H37N3O7S/c1-19(2)15-29(16-21-8-10-22(27)11-9-21)17-25(36-37(31,32)33)24(14-20-6-4-3-5-7-20)28-26(30)35-23-12-13-34-18-23/h3-11,19,23-25H,12-18,27H2,1-2H3,(H,28,30)(H,31,32,33)/t23-,24-,25+/m0/s1. The molecular weight excluding hydrogens is 498 g/mol. The lowest BCUT2D eigenvalue weighted by molar-refractivity contribution is 0.0601. The first-order valence-electron chi connectivity index (χ1n) is 12.4. The molecule has 0 radical (unpaired) electrons. The molecule has 204 valence electrons. The molecule has 10 nitrogen and oxygen atoms in total. The van der Waals surface area contributed by atoms with E-state index in [9.17, 15) is 17.8 Å². The third-order valence-corrected chi connectivity index (χ3v) is 6.40. The van der Waals surface area contributed by atoms with Gasteiger partial charge in [0.05, 0.1) is 19.3 Å². The van der Waals surface area contributed by atoms with Crippen molar-refractivity contribution in [2.24, 2.45) is 5.92 Å². The van der Waals surface area contributed by atoms with Gasteiger partial charge in [0.15, 0.2) is 0 Å². The van der Waals surface area contributed by atoms with Crippen LogP contribution in [0.15, 0.2) is 54.6 Å². The molecule has 0 spiro atoms. The second kappa shape index (κ2) is 13.7. The number of amides is 1. The Balaban J connectivity index is 1.85. The van der Waals surface area contributed by atoms with E-state index in [1.54, 1.807) is 12.1 Å². The Morgan fingerprint density at radius 2 is 1.84 bits per heavy atom. The number of rotatable bonds is 13. The molecule has 37 heavy (non-hydrogen) atoms. The van der Waals surface area contributed by atoms with Crippen molar-refractivity contribution in [3.63, 3.8) is 0 Å². The molecule has 3 rings (SSSR count). The number of carbonyl (C=O) groups excluding carboxylic acids is 1. The van der Waals surface area contributed by atoms with Crippen LogP contribution in [0.5, 0.6) is 0 Å². The quantitative estimate of drug-likeness (QED) is 0.261. The number of anilines is 1. The molecule has 0 bridgehead atoms. The first-order chi connectivity index (χ1) is 17.6. The summed E-state index contributed by atoms with van der Waals surface area (Å²) >= 11 is 0. The molecule has 0 saturated carbocycles. The Labute approximate surface area is 219 Å². The monoisotopic (exact) mass is 535 g/mol. The van der Waals surface area contributed by atoms with Crippen LogP contribution in [-0.2, 0) is 37.0 Å². The molecule has 11 heteroatoms. The van der Waals surface area contributed by atoms with Crippen molar-refractivity contribution in [2.45, 2.75) is 51.5 Å². The van der Waals surface area contributed by atoms with Crippen molar-refractivity contribution in [2.75, 3.05) is 32.0 Å². The van der Waals surface area contributed by atoms with Crippen molar-refractivity contribution < 1.29 is 31.4 Å². The highest BCUT2D eigenvalue weighted by Crippen LogP contribution is 2.17. The SMILES string of the molecule is CC(C)CN(Cc1ccc(N)cc1)C[C@@H](OS(=O)(=O)O)[C@H](Cc1ccccc1)NC(=O)O[C@H]1CCOC1. The molecule has 1 amide bonds. The number of hydrogen-bond donors (Lipinski definition) is 3. The van der Waals surface area contributed by atoms with E-state index in [4.69, 9.17) is 19.4 Å². The molecule has 1 aliphatic heterocycles. The minimum absolute atomic E-state index is 0.118. The zero-order valence-corrected chi connectivity index (χ0v) is 22.1. The van der Waals surface area contributed by atoms with Crippen molar-refractivity contribution >= 4 is 22.2 Å². The minimum Gasteiger partial charge on any atom is -0.444 e. The first-order valence-corrected chi connectivity index (χ1v) is 13.7. The minimum atomic E-state index is -4.83. The highest BCUT2D eigenvalue weighted by atomic mass is 32.3. The molecule has 0 aromatic heterocycles. The van der Waals surface area contributed by atoms with Gasteiger partial charge >= 0.3 is 16.5 Å². The largest absolute Gasteiger partial charge is 0.444 e. The van der Waals surface area contributed by atoms with Crippen LogP contribution >= 0.6 is 0 Å². The lowest BCUT2D eigenvalue weighted by Gasteiger charge is -2.33. The number of benzene rings is 2.